The minimum atomic E-state index is -4.58. The zero-order valence-corrected chi connectivity index (χ0v) is 48.2. The standard InChI is InChI=1S/C54H72N4O17S4/c1-53(2)45-37-43(78(66,67)68)20-22-47(45)57(28-7-5-6-13-51(59)56-27-31-73-33-35-74-34-32-72-30-26-55)49(53)24-14-39-11-10-12-40(52(39)75-41-16-18-42(19-17-41)77(63,64)65)15-25-50-54(3,4)46-38-44(79(69,70)71)21-23-48(46)58(50)29-8-9-36-76(60,61)62/h14-25,37-38H,5-13,26-36,55H2,1-4H3,(H4-,56,59,60,61,62,63,64,65,66,67,68,69,70,71)/p+1. The molecule has 1 aliphatic carbocycles. The minimum Gasteiger partial charge on any atom is -0.457 e. The normalized spacial score (nSPS) is 17.6. The van der Waals surface area contributed by atoms with Crippen LogP contribution in [-0.2, 0) is 70.3 Å². The largest absolute Gasteiger partial charge is 0.457 e. The van der Waals surface area contributed by atoms with Crippen molar-refractivity contribution in [2.75, 3.05) is 76.5 Å². The minimum absolute atomic E-state index is 0.104. The van der Waals surface area contributed by atoms with Gasteiger partial charge in [-0.25, -0.2) is 0 Å². The third-order valence-corrected chi connectivity index (χ3v) is 17.3. The number of carbonyl (C=O) groups is 1. The van der Waals surface area contributed by atoms with Gasteiger partial charge in [0.05, 0.1) is 65.5 Å². The van der Waals surface area contributed by atoms with Crippen LogP contribution in [0.25, 0.3) is 0 Å². The van der Waals surface area contributed by atoms with Gasteiger partial charge in [-0.05, 0) is 142 Å². The van der Waals surface area contributed by atoms with E-state index in [2.05, 4.69) is 9.89 Å². The maximum Gasteiger partial charge on any atom is 0.294 e. The fourth-order valence-corrected chi connectivity index (χ4v) is 11.9. The topological polar surface area (TPSA) is 316 Å². The molecule has 0 spiro atoms. The first-order valence-electron chi connectivity index (χ1n) is 26.0. The molecule has 0 fully saturated rings. The summed E-state index contributed by atoms with van der Waals surface area (Å²) in [5.41, 5.74) is 9.36. The zero-order chi connectivity index (χ0) is 57.8. The Morgan fingerprint density at radius 1 is 0.684 bits per heavy atom. The van der Waals surface area contributed by atoms with Crippen LogP contribution in [0, 0.1) is 0 Å². The van der Waals surface area contributed by atoms with E-state index in [9.17, 15) is 56.7 Å². The summed E-state index contributed by atoms with van der Waals surface area (Å²) in [7, 11) is -17.9. The molecule has 434 valence electrons. The predicted octanol–water partition coefficient (Wildman–Crippen LogP) is 6.84. The molecule has 79 heavy (non-hydrogen) atoms. The van der Waals surface area contributed by atoms with E-state index < -0.39 is 57.1 Å². The molecule has 0 saturated heterocycles. The van der Waals surface area contributed by atoms with Crippen LogP contribution in [0.3, 0.4) is 0 Å². The van der Waals surface area contributed by atoms with Crippen molar-refractivity contribution in [1.29, 1.82) is 0 Å². The summed E-state index contributed by atoms with van der Waals surface area (Å²) in [5, 5.41) is 2.88. The molecule has 2 heterocycles. The van der Waals surface area contributed by atoms with E-state index in [1.54, 1.807) is 12.1 Å². The SMILES string of the molecule is CC1(C)C(=CC=C2CCCC(C=CC3=[N+](CCCCCC(=O)NCCOCCOCCOCCN)c4ccc(S(=O)(=O)O)cc4C3(C)C)=C2Oc2ccc(S(=O)(=O)O)cc2)N(CCCCS(=O)(=O)O)c2ccc(S(=O)(=O)O)cc21. The van der Waals surface area contributed by atoms with Gasteiger partial charge < -0.3 is 34.9 Å². The van der Waals surface area contributed by atoms with Crippen LogP contribution in [-0.4, -0.2) is 140 Å². The summed E-state index contributed by atoms with van der Waals surface area (Å²) in [6.07, 6.45) is 12.1. The lowest BCUT2D eigenvalue weighted by atomic mass is 9.81. The molecule has 6 rings (SSSR count). The van der Waals surface area contributed by atoms with Gasteiger partial charge in [-0.1, -0.05) is 19.9 Å². The first kappa shape index (κ1) is 63.0. The quantitative estimate of drug-likeness (QED) is 0.0226. The van der Waals surface area contributed by atoms with Crippen LogP contribution in [0.1, 0.15) is 96.6 Å². The molecular formula is C54H73N4O17S4+. The van der Waals surface area contributed by atoms with E-state index >= 15 is 0 Å². The van der Waals surface area contributed by atoms with Crippen molar-refractivity contribution in [1.82, 2.24) is 5.32 Å². The summed E-state index contributed by atoms with van der Waals surface area (Å²) in [5.74, 6) is 0.136. The second kappa shape index (κ2) is 27.1. The average molecular weight is 1180 g/mol. The molecule has 0 atom stereocenters. The van der Waals surface area contributed by atoms with Gasteiger partial charge in [0, 0.05) is 67.0 Å². The number of amides is 1. The van der Waals surface area contributed by atoms with E-state index in [1.807, 2.05) is 56.9 Å². The Morgan fingerprint density at radius 2 is 1.29 bits per heavy atom. The first-order valence-corrected chi connectivity index (χ1v) is 32.0. The summed E-state index contributed by atoms with van der Waals surface area (Å²) in [6.45, 7) is 11.8. The van der Waals surface area contributed by atoms with Crippen LogP contribution in [0.5, 0.6) is 5.75 Å². The van der Waals surface area contributed by atoms with Crippen LogP contribution in [0.4, 0.5) is 11.4 Å². The van der Waals surface area contributed by atoms with Crippen molar-refractivity contribution in [3.8, 4) is 5.75 Å². The maximum absolute atomic E-state index is 12.7. The summed E-state index contributed by atoms with van der Waals surface area (Å²) in [4.78, 5) is 13.7. The Morgan fingerprint density at radius 3 is 1.92 bits per heavy atom. The van der Waals surface area contributed by atoms with E-state index in [0.29, 0.717) is 139 Å². The Hall–Kier alpha value is -5.16. The number of nitrogens with zero attached hydrogens (tertiary/aromatic N) is 2. The number of ether oxygens (including phenoxy) is 4. The second-order valence-electron chi connectivity index (χ2n) is 20.4. The van der Waals surface area contributed by atoms with Crippen LogP contribution >= 0.6 is 0 Å². The smallest absolute Gasteiger partial charge is 0.294 e. The molecule has 0 bridgehead atoms. The average Bonchev–Trinajstić information content (AvgIpc) is 3.98. The fourth-order valence-electron chi connectivity index (χ4n) is 9.88. The molecule has 3 aliphatic rings. The van der Waals surface area contributed by atoms with Gasteiger partial charge in [-0.15, -0.1) is 0 Å². The highest BCUT2D eigenvalue weighted by Crippen LogP contribution is 2.49. The monoisotopic (exact) mass is 1180 g/mol. The summed E-state index contributed by atoms with van der Waals surface area (Å²) < 4.78 is 161. The number of hydrogen-bond donors (Lipinski definition) is 6. The lowest BCUT2D eigenvalue weighted by Crippen LogP contribution is -2.28. The number of rotatable bonds is 30. The van der Waals surface area contributed by atoms with Gasteiger partial charge >= 0.3 is 0 Å². The molecular weight excluding hydrogens is 1100 g/mol. The number of nitrogens with one attached hydrogen (secondary N) is 1. The van der Waals surface area contributed by atoms with Gasteiger partial charge in [0.1, 0.15) is 18.1 Å². The van der Waals surface area contributed by atoms with Crippen molar-refractivity contribution in [3.63, 3.8) is 0 Å². The van der Waals surface area contributed by atoms with E-state index in [1.165, 1.54) is 48.5 Å². The van der Waals surface area contributed by atoms with E-state index in [4.69, 9.17) is 24.7 Å². The number of allylic oxidation sites excluding steroid dienone is 7. The van der Waals surface area contributed by atoms with E-state index in [0.717, 1.165) is 22.5 Å². The lowest BCUT2D eigenvalue weighted by molar-refractivity contribution is -0.438. The molecule has 3 aromatic rings. The van der Waals surface area contributed by atoms with Crippen molar-refractivity contribution in [3.05, 3.63) is 119 Å². The summed E-state index contributed by atoms with van der Waals surface area (Å²) in [6, 6.07) is 14.1. The first-order chi connectivity index (χ1) is 37.1. The Kier molecular flexibility index (Phi) is 21.6. The highest BCUT2D eigenvalue weighted by molar-refractivity contribution is 7.86. The Bertz CT molecular complexity index is 3310. The van der Waals surface area contributed by atoms with Gasteiger partial charge in [0.2, 0.25) is 11.6 Å². The van der Waals surface area contributed by atoms with Gasteiger partial charge in [-0.2, -0.15) is 38.2 Å². The van der Waals surface area contributed by atoms with Crippen LogP contribution in [0.15, 0.2) is 122 Å². The fraction of sp³-hybridized carbons (Fsp3) is 0.481. The van der Waals surface area contributed by atoms with Gasteiger partial charge in [0.15, 0.2) is 5.71 Å². The highest BCUT2D eigenvalue weighted by atomic mass is 32.2. The van der Waals surface area contributed by atoms with Crippen molar-refractivity contribution in [2.45, 2.75) is 111 Å². The Balaban J connectivity index is 1.31. The molecule has 7 N–H and O–H groups in total. The second-order valence-corrected chi connectivity index (χ2v) is 26.2. The number of fused-ring (bicyclic) bond motifs is 2. The third-order valence-electron chi connectivity index (χ3n) is 13.9. The predicted molar refractivity (Wildman–Crippen MR) is 297 cm³/mol. The highest BCUT2D eigenvalue weighted by Gasteiger charge is 2.45. The number of carbonyl (C=O) groups excluding carboxylic acids is 1. The third kappa shape index (κ3) is 17.2. The van der Waals surface area contributed by atoms with Crippen molar-refractivity contribution in [2.24, 2.45) is 5.73 Å². The van der Waals surface area contributed by atoms with Crippen LogP contribution in [0.2, 0.25) is 0 Å². The summed E-state index contributed by atoms with van der Waals surface area (Å²) >= 11 is 0. The molecule has 25 heteroatoms. The molecule has 0 aromatic heterocycles. The van der Waals surface area contributed by atoms with Crippen molar-refractivity contribution < 1.29 is 80.2 Å². The van der Waals surface area contributed by atoms with Crippen molar-refractivity contribution >= 4 is 63.5 Å². The van der Waals surface area contributed by atoms with Crippen LogP contribution < -0.4 is 20.7 Å². The molecule has 0 saturated carbocycles. The molecule has 3 aromatic carbocycles. The lowest BCUT2D eigenvalue weighted by Gasteiger charge is -2.27. The van der Waals surface area contributed by atoms with Gasteiger partial charge in [-0.3, -0.25) is 23.0 Å². The maximum atomic E-state index is 12.7. The number of benzene rings is 3. The molecule has 2 aliphatic heterocycles. The number of anilines is 1. The molecule has 21 nitrogen and oxygen atoms in total. The molecule has 1 amide bonds. The Labute approximate surface area is 464 Å². The van der Waals surface area contributed by atoms with E-state index in [-0.39, 0.29) is 39.3 Å². The zero-order valence-electron chi connectivity index (χ0n) is 44.9. The number of nitrogens with two attached hydrogens (primary N) is 1. The molecule has 0 unspecified atom stereocenters. The number of hydrogen-bond acceptors (Lipinski definition) is 15. The molecule has 0 radical (unpaired) electrons. The van der Waals surface area contributed by atoms with Gasteiger partial charge in [0.25, 0.3) is 40.5 Å². The number of unbranched alkanes of at least 4 members (excludes halogenated alkanes) is 3.